The molecule has 0 saturated carbocycles. The van der Waals surface area contributed by atoms with Crippen LogP contribution in [-0.4, -0.2) is 66.3 Å². The van der Waals surface area contributed by atoms with E-state index in [-0.39, 0.29) is 30.2 Å². The lowest BCUT2D eigenvalue weighted by Gasteiger charge is -2.33. The van der Waals surface area contributed by atoms with Gasteiger partial charge in [0.05, 0.1) is 7.11 Å². The molecule has 180 valence electrons. The summed E-state index contributed by atoms with van der Waals surface area (Å²) < 4.78 is 10.5. The van der Waals surface area contributed by atoms with E-state index < -0.39 is 17.5 Å². The topological polar surface area (TPSA) is 121 Å². The van der Waals surface area contributed by atoms with Crippen molar-refractivity contribution in [3.63, 3.8) is 0 Å². The van der Waals surface area contributed by atoms with Crippen molar-refractivity contribution >= 4 is 23.8 Å². The number of piperidine rings is 1. The molecule has 2 saturated heterocycles. The first-order chi connectivity index (χ1) is 16.2. The van der Waals surface area contributed by atoms with Gasteiger partial charge in [-0.1, -0.05) is 12.1 Å². The molecule has 2 fully saturated rings. The second kappa shape index (κ2) is 9.20. The minimum Gasteiger partial charge on any atom is -0.497 e. The number of methoxy groups -OCH3 is 1. The van der Waals surface area contributed by atoms with Crippen LogP contribution in [-0.2, 0) is 15.1 Å². The Kier molecular flexibility index (Phi) is 6.32. The van der Waals surface area contributed by atoms with E-state index in [2.05, 4.69) is 10.6 Å². The van der Waals surface area contributed by atoms with E-state index in [0.717, 1.165) is 4.90 Å². The smallest absolute Gasteiger partial charge is 0.325 e. The van der Waals surface area contributed by atoms with E-state index >= 15 is 0 Å². The number of benzene rings is 1. The third-order valence-corrected chi connectivity index (χ3v) is 6.38. The van der Waals surface area contributed by atoms with Crippen LogP contribution in [0.4, 0.5) is 4.79 Å². The van der Waals surface area contributed by atoms with Gasteiger partial charge in [-0.05, 0) is 56.5 Å². The van der Waals surface area contributed by atoms with Crippen LogP contribution in [0.3, 0.4) is 0 Å². The highest BCUT2D eigenvalue weighted by atomic mass is 16.5. The Morgan fingerprint density at radius 2 is 1.82 bits per heavy atom. The maximum atomic E-state index is 13.1. The maximum absolute atomic E-state index is 13.1. The van der Waals surface area contributed by atoms with Crippen LogP contribution in [0.15, 0.2) is 40.8 Å². The highest BCUT2D eigenvalue weighted by Gasteiger charge is 2.49. The highest BCUT2D eigenvalue weighted by molar-refractivity contribution is 6.09. The zero-order valence-electron chi connectivity index (χ0n) is 19.4. The molecular weight excluding hydrogens is 440 g/mol. The number of nitrogens with zero attached hydrogens (tertiary/aromatic N) is 2. The minimum atomic E-state index is -1.26. The number of amides is 5. The molecule has 1 aromatic carbocycles. The van der Waals surface area contributed by atoms with Gasteiger partial charge in [-0.25, -0.2) is 4.79 Å². The standard InChI is InChI=1S/C24H28N4O6/c1-15-4-9-19(34-15)21(30)25-17-10-12-27(13-11-17)20(29)14-28-22(31)24(2,26-23(28)32)16-5-7-18(33-3)8-6-16/h4-9,17H,10-14H2,1-3H3,(H,25,30)(H,26,32). The molecule has 1 aromatic heterocycles. The Hall–Kier alpha value is -3.82. The van der Waals surface area contributed by atoms with Crippen molar-refractivity contribution in [2.75, 3.05) is 26.7 Å². The molecule has 0 spiro atoms. The number of furan rings is 1. The summed E-state index contributed by atoms with van der Waals surface area (Å²) in [4.78, 5) is 53.4. The van der Waals surface area contributed by atoms with Crippen molar-refractivity contribution in [1.29, 1.82) is 0 Å². The highest BCUT2D eigenvalue weighted by Crippen LogP contribution is 2.30. The summed E-state index contributed by atoms with van der Waals surface area (Å²) >= 11 is 0. The lowest BCUT2D eigenvalue weighted by atomic mass is 9.92. The average Bonchev–Trinajstić information content (AvgIpc) is 3.36. The number of hydrogen-bond acceptors (Lipinski definition) is 6. The van der Waals surface area contributed by atoms with Crippen LogP contribution in [0, 0.1) is 6.92 Å². The van der Waals surface area contributed by atoms with Crippen molar-refractivity contribution in [2.45, 2.75) is 38.3 Å². The van der Waals surface area contributed by atoms with Gasteiger partial charge in [0.15, 0.2) is 5.76 Å². The van der Waals surface area contributed by atoms with Crippen molar-refractivity contribution in [3.8, 4) is 5.75 Å². The SMILES string of the molecule is COc1ccc(C2(C)NC(=O)N(CC(=O)N3CCC(NC(=O)c4ccc(C)o4)CC3)C2=O)cc1. The largest absolute Gasteiger partial charge is 0.497 e. The molecule has 2 aromatic rings. The molecule has 10 nitrogen and oxygen atoms in total. The van der Waals surface area contributed by atoms with Crippen LogP contribution >= 0.6 is 0 Å². The predicted octanol–water partition coefficient (Wildman–Crippen LogP) is 1.78. The zero-order valence-corrected chi connectivity index (χ0v) is 19.4. The first kappa shape index (κ1) is 23.3. The first-order valence-electron chi connectivity index (χ1n) is 11.1. The Bertz CT molecular complexity index is 1100. The molecule has 5 amide bonds. The normalized spacial score (nSPS) is 20.9. The van der Waals surface area contributed by atoms with Crippen molar-refractivity contribution in [1.82, 2.24) is 20.4 Å². The van der Waals surface area contributed by atoms with E-state index in [0.29, 0.717) is 43.0 Å². The van der Waals surface area contributed by atoms with Crippen LogP contribution in [0.25, 0.3) is 0 Å². The number of hydrogen-bond donors (Lipinski definition) is 2. The number of carbonyl (C=O) groups excluding carboxylic acids is 4. The van der Waals surface area contributed by atoms with Gasteiger partial charge in [-0.3, -0.25) is 19.3 Å². The Balaban J connectivity index is 1.32. The van der Waals surface area contributed by atoms with Crippen LogP contribution in [0.2, 0.25) is 0 Å². The number of aryl methyl sites for hydroxylation is 1. The maximum Gasteiger partial charge on any atom is 0.325 e. The summed E-state index contributed by atoms with van der Waals surface area (Å²) in [6.45, 7) is 3.89. The van der Waals surface area contributed by atoms with Gasteiger partial charge in [0.1, 0.15) is 23.6 Å². The lowest BCUT2D eigenvalue weighted by Crippen LogP contribution is -2.50. The van der Waals surface area contributed by atoms with Crippen LogP contribution < -0.4 is 15.4 Å². The zero-order chi connectivity index (χ0) is 24.5. The minimum absolute atomic E-state index is 0.0861. The van der Waals surface area contributed by atoms with Gasteiger partial charge in [0.2, 0.25) is 5.91 Å². The molecule has 1 atom stereocenters. The number of carbonyl (C=O) groups is 4. The number of likely N-dealkylation sites (tertiary alicyclic amines) is 1. The Morgan fingerprint density at radius 1 is 1.15 bits per heavy atom. The fraction of sp³-hybridized carbons (Fsp3) is 0.417. The van der Waals surface area contributed by atoms with Gasteiger partial charge in [0, 0.05) is 19.1 Å². The van der Waals surface area contributed by atoms with Crippen LogP contribution in [0.1, 0.15) is 41.6 Å². The van der Waals surface area contributed by atoms with Crippen LogP contribution in [0.5, 0.6) is 5.75 Å². The fourth-order valence-corrected chi connectivity index (χ4v) is 4.28. The third kappa shape index (κ3) is 4.48. The molecule has 4 rings (SSSR count). The second-order valence-electron chi connectivity index (χ2n) is 8.71. The molecule has 1 unspecified atom stereocenters. The Labute approximate surface area is 197 Å². The van der Waals surface area contributed by atoms with E-state index in [9.17, 15) is 19.2 Å². The predicted molar refractivity (Wildman–Crippen MR) is 121 cm³/mol. The average molecular weight is 469 g/mol. The summed E-state index contributed by atoms with van der Waals surface area (Å²) in [5.74, 6) is 0.481. The first-order valence-corrected chi connectivity index (χ1v) is 11.1. The quantitative estimate of drug-likeness (QED) is 0.624. The number of nitrogens with one attached hydrogen (secondary N) is 2. The number of rotatable bonds is 6. The number of imide groups is 1. The molecule has 3 heterocycles. The Morgan fingerprint density at radius 3 is 2.41 bits per heavy atom. The molecule has 34 heavy (non-hydrogen) atoms. The van der Waals surface area contributed by atoms with Gasteiger partial charge in [-0.2, -0.15) is 0 Å². The summed E-state index contributed by atoms with van der Waals surface area (Å²) in [5.41, 5.74) is -0.657. The number of urea groups is 1. The second-order valence-corrected chi connectivity index (χ2v) is 8.71. The third-order valence-electron chi connectivity index (χ3n) is 6.38. The monoisotopic (exact) mass is 468 g/mol. The summed E-state index contributed by atoms with van der Waals surface area (Å²) in [5, 5.41) is 5.63. The molecule has 0 radical (unpaired) electrons. The van der Waals surface area contributed by atoms with Crippen molar-refractivity contribution in [3.05, 3.63) is 53.5 Å². The summed E-state index contributed by atoms with van der Waals surface area (Å²) in [6, 6.07) is 9.52. The molecule has 0 aliphatic carbocycles. The van der Waals surface area contributed by atoms with Crippen molar-refractivity contribution in [2.24, 2.45) is 0 Å². The summed E-state index contributed by atoms with van der Waals surface area (Å²) in [6.07, 6.45) is 1.14. The molecule has 2 aliphatic rings. The molecular formula is C24H28N4O6. The van der Waals surface area contributed by atoms with Crippen molar-refractivity contribution < 1.29 is 28.3 Å². The van der Waals surface area contributed by atoms with Gasteiger partial charge < -0.3 is 24.7 Å². The van der Waals surface area contributed by atoms with Gasteiger partial charge >= 0.3 is 6.03 Å². The summed E-state index contributed by atoms with van der Waals surface area (Å²) in [7, 11) is 1.54. The molecule has 0 bridgehead atoms. The molecule has 2 aliphatic heterocycles. The van der Waals surface area contributed by atoms with E-state index in [1.54, 1.807) is 62.3 Å². The van der Waals surface area contributed by atoms with Gasteiger partial charge in [-0.15, -0.1) is 0 Å². The van der Waals surface area contributed by atoms with E-state index in [1.807, 2.05) is 0 Å². The molecule has 10 heteroatoms. The molecule has 2 N–H and O–H groups in total. The lowest BCUT2D eigenvalue weighted by molar-refractivity contribution is -0.139. The van der Waals surface area contributed by atoms with E-state index in [1.165, 1.54) is 0 Å². The van der Waals surface area contributed by atoms with Gasteiger partial charge in [0.25, 0.3) is 11.8 Å². The fourth-order valence-electron chi connectivity index (χ4n) is 4.28. The number of ether oxygens (including phenoxy) is 1. The van der Waals surface area contributed by atoms with E-state index in [4.69, 9.17) is 9.15 Å².